The molecule has 1 fully saturated rings. The van der Waals surface area contributed by atoms with Gasteiger partial charge in [0, 0.05) is 26.1 Å². The summed E-state index contributed by atoms with van der Waals surface area (Å²) in [6.07, 6.45) is 0.589. The summed E-state index contributed by atoms with van der Waals surface area (Å²) < 4.78 is 5.39. The fraction of sp³-hybridized carbons (Fsp3) is 0.500. The summed E-state index contributed by atoms with van der Waals surface area (Å²) in [5.74, 6) is 0.449. The molecule has 0 N–H and O–H groups in total. The van der Waals surface area contributed by atoms with Crippen LogP contribution in [0.5, 0.6) is 0 Å². The highest BCUT2D eigenvalue weighted by Crippen LogP contribution is 2.24. The lowest BCUT2D eigenvalue weighted by molar-refractivity contribution is -0.131. The highest BCUT2D eigenvalue weighted by Gasteiger charge is 2.27. The van der Waals surface area contributed by atoms with Crippen molar-refractivity contribution in [1.82, 2.24) is 4.90 Å². The van der Waals surface area contributed by atoms with E-state index in [4.69, 9.17) is 4.74 Å². The van der Waals surface area contributed by atoms with Crippen LogP contribution in [0.2, 0.25) is 0 Å². The number of carbonyl (C=O) groups excluding carboxylic acids is 1. The summed E-state index contributed by atoms with van der Waals surface area (Å²) in [7, 11) is 0. The second-order valence-electron chi connectivity index (χ2n) is 4.93. The van der Waals surface area contributed by atoms with E-state index in [1.54, 1.807) is 0 Å². The van der Waals surface area contributed by atoms with Crippen LogP contribution in [0.3, 0.4) is 0 Å². The van der Waals surface area contributed by atoms with E-state index in [1.165, 1.54) is 11.1 Å². The average molecular weight is 231 g/mol. The molecule has 90 valence electrons. The van der Waals surface area contributed by atoms with Crippen LogP contribution < -0.4 is 0 Å². The SMILES string of the molecule is O=C1CCOCC1CN1Cc2ccccc2C1. The van der Waals surface area contributed by atoms with Gasteiger partial charge >= 0.3 is 0 Å². The van der Waals surface area contributed by atoms with Gasteiger partial charge in [-0.2, -0.15) is 0 Å². The molecule has 3 nitrogen and oxygen atoms in total. The maximum Gasteiger partial charge on any atom is 0.141 e. The summed E-state index contributed by atoms with van der Waals surface area (Å²) in [6, 6.07) is 8.51. The zero-order chi connectivity index (χ0) is 11.7. The van der Waals surface area contributed by atoms with Gasteiger partial charge in [-0.05, 0) is 11.1 Å². The molecule has 2 heterocycles. The van der Waals surface area contributed by atoms with Crippen molar-refractivity contribution in [2.45, 2.75) is 19.5 Å². The molecule has 1 aromatic rings. The van der Waals surface area contributed by atoms with E-state index in [0.29, 0.717) is 25.4 Å². The Kier molecular flexibility index (Phi) is 2.95. The number of hydrogen-bond acceptors (Lipinski definition) is 3. The Labute approximate surface area is 101 Å². The van der Waals surface area contributed by atoms with Crippen LogP contribution >= 0.6 is 0 Å². The normalized spacial score (nSPS) is 24.9. The fourth-order valence-corrected chi connectivity index (χ4v) is 2.69. The zero-order valence-electron chi connectivity index (χ0n) is 9.89. The Hall–Kier alpha value is -1.19. The molecule has 0 aliphatic carbocycles. The van der Waals surface area contributed by atoms with Crippen molar-refractivity contribution < 1.29 is 9.53 Å². The third-order valence-corrected chi connectivity index (χ3v) is 3.65. The van der Waals surface area contributed by atoms with Crippen LogP contribution in [0.15, 0.2) is 24.3 Å². The minimum absolute atomic E-state index is 0.0815. The van der Waals surface area contributed by atoms with Gasteiger partial charge in [0.25, 0.3) is 0 Å². The van der Waals surface area contributed by atoms with Crippen LogP contribution in [0.1, 0.15) is 17.5 Å². The lowest BCUT2D eigenvalue weighted by atomic mass is 10.0. The number of Topliss-reactive ketones (excluding diaryl/α,β-unsaturated/α-hetero) is 1. The summed E-state index contributed by atoms with van der Waals surface area (Å²) in [5.41, 5.74) is 2.80. The summed E-state index contributed by atoms with van der Waals surface area (Å²) in [5, 5.41) is 0. The topological polar surface area (TPSA) is 29.5 Å². The van der Waals surface area contributed by atoms with Crippen molar-refractivity contribution in [3.63, 3.8) is 0 Å². The Morgan fingerprint density at radius 3 is 2.59 bits per heavy atom. The Bertz CT molecular complexity index is 405. The first-order valence-corrected chi connectivity index (χ1v) is 6.22. The van der Waals surface area contributed by atoms with Gasteiger partial charge in [0.15, 0.2) is 0 Å². The predicted molar refractivity (Wildman–Crippen MR) is 64.5 cm³/mol. The lowest BCUT2D eigenvalue weighted by Crippen LogP contribution is -2.36. The molecule has 17 heavy (non-hydrogen) atoms. The second-order valence-corrected chi connectivity index (χ2v) is 4.93. The Morgan fingerprint density at radius 1 is 1.24 bits per heavy atom. The monoisotopic (exact) mass is 231 g/mol. The minimum atomic E-state index is 0.0815. The molecule has 0 bridgehead atoms. The van der Waals surface area contributed by atoms with Crippen molar-refractivity contribution in [3.05, 3.63) is 35.4 Å². The molecule has 0 spiro atoms. The number of rotatable bonds is 2. The van der Waals surface area contributed by atoms with Crippen LogP contribution in [0.25, 0.3) is 0 Å². The van der Waals surface area contributed by atoms with E-state index in [1.807, 2.05) is 0 Å². The molecule has 1 aromatic carbocycles. The summed E-state index contributed by atoms with van der Waals surface area (Å²) in [6.45, 7) is 3.99. The van der Waals surface area contributed by atoms with Gasteiger partial charge in [-0.15, -0.1) is 0 Å². The molecule has 2 aliphatic rings. The first kappa shape index (κ1) is 10.9. The quantitative estimate of drug-likeness (QED) is 0.774. The molecule has 0 amide bonds. The van der Waals surface area contributed by atoms with Gasteiger partial charge < -0.3 is 4.74 Å². The molecule has 1 saturated heterocycles. The Morgan fingerprint density at radius 2 is 1.94 bits per heavy atom. The number of nitrogens with zero attached hydrogens (tertiary/aromatic N) is 1. The van der Waals surface area contributed by atoms with E-state index >= 15 is 0 Å². The molecule has 3 heteroatoms. The molecule has 1 unspecified atom stereocenters. The Balaban J connectivity index is 1.63. The van der Waals surface area contributed by atoms with E-state index < -0.39 is 0 Å². The van der Waals surface area contributed by atoms with Gasteiger partial charge in [0.05, 0.1) is 19.1 Å². The van der Waals surface area contributed by atoms with Gasteiger partial charge in [-0.25, -0.2) is 0 Å². The second kappa shape index (κ2) is 4.59. The third kappa shape index (κ3) is 2.26. The van der Waals surface area contributed by atoms with E-state index in [9.17, 15) is 4.79 Å². The molecule has 1 atom stereocenters. The largest absolute Gasteiger partial charge is 0.380 e. The fourth-order valence-electron chi connectivity index (χ4n) is 2.69. The van der Waals surface area contributed by atoms with Gasteiger partial charge in [0.2, 0.25) is 0 Å². The molecule has 2 aliphatic heterocycles. The maximum absolute atomic E-state index is 11.7. The first-order chi connectivity index (χ1) is 8.33. The van der Waals surface area contributed by atoms with Crippen molar-refractivity contribution in [2.24, 2.45) is 5.92 Å². The van der Waals surface area contributed by atoms with Crippen LogP contribution in [-0.4, -0.2) is 30.4 Å². The van der Waals surface area contributed by atoms with E-state index in [2.05, 4.69) is 29.2 Å². The smallest absolute Gasteiger partial charge is 0.141 e. The highest BCUT2D eigenvalue weighted by atomic mass is 16.5. The number of ketones is 1. The number of carbonyl (C=O) groups is 1. The minimum Gasteiger partial charge on any atom is -0.380 e. The maximum atomic E-state index is 11.7. The molecular formula is C14H17NO2. The molecule has 0 aromatic heterocycles. The van der Waals surface area contributed by atoms with Crippen LogP contribution in [0, 0.1) is 5.92 Å². The van der Waals surface area contributed by atoms with Gasteiger partial charge in [-0.1, -0.05) is 24.3 Å². The number of ether oxygens (including phenoxy) is 1. The van der Waals surface area contributed by atoms with Crippen molar-refractivity contribution in [2.75, 3.05) is 19.8 Å². The van der Waals surface area contributed by atoms with Crippen LogP contribution in [0.4, 0.5) is 0 Å². The summed E-state index contributed by atoms with van der Waals surface area (Å²) in [4.78, 5) is 14.1. The molecule has 0 saturated carbocycles. The number of fused-ring (bicyclic) bond motifs is 1. The van der Waals surface area contributed by atoms with Crippen molar-refractivity contribution in [3.8, 4) is 0 Å². The summed E-state index contributed by atoms with van der Waals surface area (Å²) >= 11 is 0. The van der Waals surface area contributed by atoms with Crippen LogP contribution in [-0.2, 0) is 22.6 Å². The lowest BCUT2D eigenvalue weighted by Gasteiger charge is -2.25. The van der Waals surface area contributed by atoms with E-state index in [0.717, 1.165) is 19.6 Å². The standard InChI is InChI=1S/C14H17NO2/c16-14-5-6-17-10-13(14)9-15-7-11-3-1-2-4-12(11)8-15/h1-4,13H,5-10H2. The zero-order valence-corrected chi connectivity index (χ0v) is 9.89. The third-order valence-electron chi connectivity index (χ3n) is 3.65. The average Bonchev–Trinajstić information content (AvgIpc) is 2.74. The number of benzene rings is 1. The van der Waals surface area contributed by atoms with Gasteiger partial charge in [-0.3, -0.25) is 9.69 Å². The van der Waals surface area contributed by atoms with Crippen molar-refractivity contribution >= 4 is 5.78 Å². The molecular weight excluding hydrogens is 214 g/mol. The molecule has 0 radical (unpaired) electrons. The van der Waals surface area contributed by atoms with Gasteiger partial charge in [0.1, 0.15) is 5.78 Å². The molecule has 3 rings (SSSR count). The van der Waals surface area contributed by atoms with E-state index in [-0.39, 0.29) is 5.92 Å². The number of hydrogen-bond donors (Lipinski definition) is 0. The highest BCUT2D eigenvalue weighted by molar-refractivity contribution is 5.82. The first-order valence-electron chi connectivity index (χ1n) is 6.22. The van der Waals surface area contributed by atoms with Crippen molar-refractivity contribution in [1.29, 1.82) is 0 Å². The predicted octanol–water partition coefficient (Wildman–Crippen LogP) is 1.61.